The molecular formula is C23H25ClN4O2. The van der Waals surface area contributed by atoms with Crippen molar-refractivity contribution in [2.45, 2.75) is 19.3 Å². The molecule has 1 N–H and O–H groups in total. The molecule has 1 aromatic carbocycles. The lowest BCUT2D eigenvalue weighted by Crippen LogP contribution is -2.50. The van der Waals surface area contributed by atoms with Gasteiger partial charge in [0.05, 0.1) is 11.6 Å². The maximum Gasteiger partial charge on any atom is 0.241 e. The predicted molar refractivity (Wildman–Crippen MR) is 118 cm³/mol. The van der Waals surface area contributed by atoms with Crippen LogP contribution in [0.1, 0.15) is 17.0 Å². The van der Waals surface area contributed by atoms with E-state index in [-0.39, 0.29) is 5.91 Å². The maximum absolute atomic E-state index is 12.8. The lowest BCUT2D eigenvalue weighted by molar-refractivity contribution is -0.121. The summed E-state index contributed by atoms with van der Waals surface area (Å²) >= 11 is 5.89. The molecule has 7 heteroatoms. The van der Waals surface area contributed by atoms with E-state index in [1.165, 1.54) is 10.9 Å². The number of pyridine rings is 1. The molecule has 1 fully saturated rings. The molecular weight excluding hydrogens is 400 g/mol. The highest BCUT2D eigenvalue weighted by Gasteiger charge is 2.26. The average molecular weight is 425 g/mol. The molecule has 3 aromatic rings. The van der Waals surface area contributed by atoms with Gasteiger partial charge in [0.1, 0.15) is 11.3 Å². The lowest BCUT2D eigenvalue weighted by Gasteiger charge is -2.34. The van der Waals surface area contributed by atoms with Crippen LogP contribution in [-0.4, -0.2) is 55.1 Å². The van der Waals surface area contributed by atoms with Crippen molar-refractivity contribution in [1.29, 1.82) is 0 Å². The standard InChI is InChI=1S/C23H25ClN4O2/c24-16-1-2-17(26-14-16)7-10-27-11-12-28(23(29)15-27)18-3-4-19-20-5-8-25-9-6-21(20)30-22(19)13-18/h1-4,13-14,25H,5-12,15H2. The number of halogens is 1. The third-order valence-electron chi connectivity index (χ3n) is 6.02. The second kappa shape index (κ2) is 8.38. The molecule has 1 amide bonds. The normalized spacial score (nSPS) is 17.9. The second-order valence-corrected chi connectivity index (χ2v) is 8.41. The van der Waals surface area contributed by atoms with Crippen LogP contribution in [0.3, 0.4) is 0 Å². The number of benzene rings is 1. The quantitative estimate of drug-likeness (QED) is 0.697. The Labute approximate surface area is 180 Å². The van der Waals surface area contributed by atoms with Crippen LogP contribution in [-0.2, 0) is 24.1 Å². The fourth-order valence-corrected chi connectivity index (χ4v) is 4.50. The Balaban J connectivity index is 1.26. The van der Waals surface area contributed by atoms with Gasteiger partial charge in [-0.2, -0.15) is 0 Å². The van der Waals surface area contributed by atoms with Crippen LogP contribution in [0.25, 0.3) is 11.0 Å². The molecule has 0 bridgehead atoms. The van der Waals surface area contributed by atoms with E-state index in [4.69, 9.17) is 16.0 Å². The summed E-state index contributed by atoms with van der Waals surface area (Å²) in [5, 5.41) is 5.24. The monoisotopic (exact) mass is 424 g/mol. The van der Waals surface area contributed by atoms with Gasteiger partial charge in [-0.05, 0) is 37.2 Å². The zero-order valence-corrected chi connectivity index (χ0v) is 17.6. The number of rotatable bonds is 4. The van der Waals surface area contributed by atoms with Gasteiger partial charge in [0.25, 0.3) is 0 Å². The first-order chi connectivity index (χ1) is 14.7. The number of nitrogens with zero attached hydrogens (tertiary/aromatic N) is 3. The zero-order valence-electron chi connectivity index (χ0n) is 16.9. The van der Waals surface area contributed by atoms with Gasteiger partial charge < -0.3 is 14.6 Å². The number of carbonyl (C=O) groups excluding carboxylic acids is 1. The van der Waals surface area contributed by atoms with Gasteiger partial charge >= 0.3 is 0 Å². The maximum atomic E-state index is 12.8. The molecule has 5 rings (SSSR count). The molecule has 0 spiro atoms. The number of amides is 1. The second-order valence-electron chi connectivity index (χ2n) is 7.97. The van der Waals surface area contributed by atoms with E-state index in [9.17, 15) is 4.79 Å². The van der Waals surface area contributed by atoms with Crippen LogP contribution < -0.4 is 10.2 Å². The van der Waals surface area contributed by atoms with E-state index in [0.717, 1.165) is 68.2 Å². The molecule has 30 heavy (non-hydrogen) atoms. The number of carbonyl (C=O) groups is 1. The van der Waals surface area contributed by atoms with Crippen molar-refractivity contribution in [3.63, 3.8) is 0 Å². The molecule has 0 radical (unpaired) electrons. The zero-order chi connectivity index (χ0) is 20.5. The third kappa shape index (κ3) is 3.95. The highest BCUT2D eigenvalue weighted by molar-refractivity contribution is 6.30. The van der Waals surface area contributed by atoms with E-state index < -0.39 is 0 Å². The minimum atomic E-state index is 0.127. The first kappa shape index (κ1) is 19.5. The van der Waals surface area contributed by atoms with Crippen molar-refractivity contribution >= 4 is 34.2 Å². The number of aromatic nitrogens is 1. The average Bonchev–Trinajstić information content (AvgIpc) is 2.93. The third-order valence-corrected chi connectivity index (χ3v) is 6.25. The summed E-state index contributed by atoms with van der Waals surface area (Å²) in [7, 11) is 0. The summed E-state index contributed by atoms with van der Waals surface area (Å²) in [5.41, 5.74) is 4.12. The Bertz CT molecular complexity index is 1060. The Kier molecular flexibility index (Phi) is 5.46. The van der Waals surface area contributed by atoms with Crippen molar-refractivity contribution in [3.05, 3.63) is 58.6 Å². The molecule has 0 atom stereocenters. The SMILES string of the molecule is O=C1CN(CCc2ccc(Cl)cn2)CCN1c1ccc2c3c(oc2c1)CCNCC3. The Morgan fingerprint density at radius 3 is 2.87 bits per heavy atom. The van der Waals surface area contributed by atoms with Gasteiger partial charge in [-0.25, -0.2) is 0 Å². The highest BCUT2D eigenvalue weighted by Crippen LogP contribution is 2.31. The Morgan fingerprint density at radius 1 is 1.13 bits per heavy atom. The minimum Gasteiger partial charge on any atom is -0.461 e. The molecule has 0 saturated carbocycles. The fourth-order valence-electron chi connectivity index (χ4n) is 4.39. The van der Waals surface area contributed by atoms with E-state index in [1.807, 2.05) is 23.1 Å². The summed E-state index contributed by atoms with van der Waals surface area (Å²) in [6.45, 7) is 4.69. The smallest absolute Gasteiger partial charge is 0.241 e. The first-order valence-electron chi connectivity index (χ1n) is 10.6. The van der Waals surface area contributed by atoms with Crippen molar-refractivity contribution in [3.8, 4) is 0 Å². The predicted octanol–water partition coefficient (Wildman–Crippen LogP) is 3.06. The van der Waals surface area contributed by atoms with Gasteiger partial charge in [0, 0.05) is 73.6 Å². The van der Waals surface area contributed by atoms with Gasteiger partial charge in [-0.15, -0.1) is 0 Å². The van der Waals surface area contributed by atoms with Crippen LogP contribution in [0, 0.1) is 0 Å². The summed E-state index contributed by atoms with van der Waals surface area (Å²) < 4.78 is 6.15. The molecule has 1 saturated heterocycles. The van der Waals surface area contributed by atoms with Crippen molar-refractivity contribution in [2.75, 3.05) is 44.2 Å². The van der Waals surface area contributed by atoms with Gasteiger partial charge in [0.15, 0.2) is 0 Å². The van der Waals surface area contributed by atoms with Crippen LogP contribution in [0.4, 0.5) is 5.69 Å². The van der Waals surface area contributed by atoms with E-state index in [0.29, 0.717) is 18.1 Å². The molecule has 2 aliphatic heterocycles. The van der Waals surface area contributed by atoms with Gasteiger partial charge in [0.2, 0.25) is 5.91 Å². The number of fused-ring (bicyclic) bond motifs is 3. The van der Waals surface area contributed by atoms with Gasteiger partial charge in [-0.3, -0.25) is 14.7 Å². The number of piperazine rings is 1. The number of hydrogen-bond acceptors (Lipinski definition) is 5. The largest absolute Gasteiger partial charge is 0.461 e. The molecule has 6 nitrogen and oxygen atoms in total. The van der Waals surface area contributed by atoms with E-state index in [2.05, 4.69) is 27.3 Å². The van der Waals surface area contributed by atoms with Crippen LogP contribution >= 0.6 is 11.6 Å². The van der Waals surface area contributed by atoms with Crippen LogP contribution in [0.2, 0.25) is 5.02 Å². The summed E-state index contributed by atoms with van der Waals surface area (Å²) in [6, 6.07) is 10.00. The number of furan rings is 1. The van der Waals surface area contributed by atoms with Crippen molar-refractivity contribution < 1.29 is 9.21 Å². The van der Waals surface area contributed by atoms with Crippen LogP contribution in [0.15, 0.2) is 40.9 Å². The topological polar surface area (TPSA) is 61.6 Å². The molecule has 156 valence electrons. The number of hydrogen-bond donors (Lipinski definition) is 1. The molecule has 4 heterocycles. The lowest BCUT2D eigenvalue weighted by atomic mass is 10.1. The molecule has 0 aliphatic carbocycles. The van der Waals surface area contributed by atoms with E-state index in [1.54, 1.807) is 6.20 Å². The summed E-state index contributed by atoms with van der Waals surface area (Å²) in [6.07, 6.45) is 4.38. The summed E-state index contributed by atoms with van der Waals surface area (Å²) in [4.78, 5) is 21.3. The number of nitrogens with one attached hydrogen (secondary N) is 1. The molecule has 2 aromatic heterocycles. The highest BCUT2D eigenvalue weighted by atomic mass is 35.5. The van der Waals surface area contributed by atoms with Crippen LogP contribution in [0.5, 0.6) is 0 Å². The first-order valence-corrected chi connectivity index (χ1v) is 10.9. The summed E-state index contributed by atoms with van der Waals surface area (Å²) in [5.74, 6) is 1.21. The minimum absolute atomic E-state index is 0.127. The van der Waals surface area contributed by atoms with E-state index >= 15 is 0 Å². The molecule has 2 aliphatic rings. The fraction of sp³-hybridized carbons (Fsp3) is 0.391. The van der Waals surface area contributed by atoms with Crippen molar-refractivity contribution in [2.24, 2.45) is 0 Å². The Morgan fingerprint density at radius 2 is 2.03 bits per heavy atom. The van der Waals surface area contributed by atoms with Crippen molar-refractivity contribution in [1.82, 2.24) is 15.2 Å². The Hall–Kier alpha value is -2.41. The number of anilines is 1. The molecule has 0 unspecified atom stereocenters. The van der Waals surface area contributed by atoms with Gasteiger partial charge in [-0.1, -0.05) is 11.6 Å².